The van der Waals surface area contributed by atoms with E-state index in [4.69, 9.17) is 23.7 Å². The lowest BCUT2D eigenvalue weighted by molar-refractivity contribution is -0.255. The molecule has 1 aliphatic heterocycles. The number of hydrogen-bond acceptors (Lipinski definition) is 11. The minimum Gasteiger partial charge on any atom is -0.463 e. The van der Waals surface area contributed by atoms with Gasteiger partial charge in [-0.2, -0.15) is 0 Å². The third-order valence-electron chi connectivity index (χ3n) is 3.53. The van der Waals surface area contributed by atoms with E-state index in [0.717, 1.165) is 32.5 Å². The molecule has 1 rings (SSSR count). The summed E-state index contributed by atoms with van der Waals surface area (Å²) in [5.41, 5.74) is 0. The predicted molar refractivity (Wildman–Crippen MR) is 98.6 cm³/mol. The van der Waals surface area contributed by atoms with Crippen molar-refractivity contribution < 1.29 is 47.7 Å². The SMILES string of the molecule is CCSC(=O)N[C@@H]1O[C@H](COC(C)=O)[C@@H](OC(C)=O)[C@H](OC(C)=O)[C@H]1OC(C)=O. The van der Waals surface area contributed by atoms with Crippen LogP contribution in [0.3, 0.4) is 0 Å². The minimum absolute atomic E-state index is 0.356. The van der Waals surface area contributed by atoms with E-state index >= 15 is 0 Å². The van der Waals surface area contributed by atoms with Gasteiger partial charge in [0.1, 0.15) is 12.7 Å². The molecule has 0 bridgehead atoms. The first kappa shape index (κ1) is 24.7. The van der Waals surface area contributed by atoms with Gasteiger partial charge in [-0.15, -0.1) is 0 Å². The van der Waals surface area contributed by atoms with Crippen molar-refractivity contribution in [2.75, 3.05) is 12.4 Å². The zero-order valence-electron chi connectivity index (χ0n) is 16.8. The maximum atomic E-state index is 12.1. The van der Waals surface area contributed by atoms with Gasteiger partial charge >= 0.3 is 23.9 Å². The third-order valence-corrected chi connectivity index (χ3v) is 4.20. The van der Waals surface area contributed by atoms with Gasteiger partial charge in [-0.05, 0) is 5.75 Å². The van der Waals surface area contributed by atoms with E-state index in [1.54, 1.807) is 6.92 Å². The molecule has 1 amide bonds. The van der Waals surface area contributed by atoms with Crippen LogP contribution in [0.2, 0.25) is 0 Å². The molecular weight excluding hydrogens is 410 g/mol. The summed E-state index contributed by atoms with van der Waals surface area (Å²) < 4.78 is 26.4. The molecule has 29 heavy (non-hydrogen) atoms. The van der Waals surface area contributed by atoms with Gasteiger partial charge in [0.25, 0.3) is 5.24 Å². The molecule has 0 saturated carbocycles. The van der Waals surface area contributed by atoms with Gasteiger partial charge in [0.05, 0.1) is 0 Å². The number of amides is 1. The predicted octanol–water partition coefficient (Wildman–Crippen LogP) is 0.532. The van der Waals surface area contributed by atoms with Crippen molar-refractivity contribution in [1.82, 2.24) is 5.32 Å². The van der Waals surface area contributed by atoms with E-state index in [-0.39, 0.29) is 6.61 Å². The molecule has 1 saturated heterocycles. The highest BCUT2D eigenvalue weighted by Crippen LogP contribution is 2.28. The van der Waals surface area contributed by atoms with E-state index in [1.807, 2.05) is 0 Å². The molecule has 0 aromatic heterocycles. The number of nitrogens with one attached hydrogen (secondary N) is 1. The Hall–Kier alpha value is -2.34. The topological polar surface area (TPSA) is 144 Å². The van der Waals surface area contributed by atoms with E-state index < -0.39 is 59.8 Å². The fourth-order valence-electron chi connectivity index (χ4n) is 2.63. The summed E-state index contributed by atoms with van der Waals surface area (Å²) in [7, 11) is 0. The van der Waals surface area contributed by atoms with Crippen molar-refractivity contribution >= 4 is 40.9 Å². The van der Waals surface area contributed by atoms with Crippen molar-refractivity contribution in [3.05, 3.63) is 0 Å². The van der Waals surface area contributed by atoms with Crippen molar-refractivity contribution in [1.29, 1.82) is 0 Å². The van der Waals surface area contributed by atoms with Gasteiger partial charge in [-0.25, -0.2) is 0 Å². The Labute approximate surface area is 172 Å². The zero-order chi connectivity index (χ0) is 22.1. The van der Waals surface area contributed by atoms with E-state index in [9.17, 15) is 24.0 Å². The van der Waals surface area contributed by atoms with Crippen LogP contribution in [0.1, 0.15) is 34.6 Å². The Morgan fingerprint density at radius 2 is 1.34 bits per heavy atom. The van der Waals surface area contributed by atoms with Crippen molar-refractivity contribution in [2.24, 2.45) is 0 Å². The van der Waals surface area contributed by atoms with Crippen LogP contribution < -0.4 is 5.32 Å². The normalized spacial score (nSPS) is 26.0. The van der Waals surface area contributed by atoms with E-state index in [0.29, 0.717) is 5.75 Å². The summed E-state index contributed by atoms with van der Waals surface area (Å²) in [6.07, 6.45) is -6.23. The Kier molecular flexibility index (Phi) is 9.89. The largest absolute Gasteiger partial charge is 0.463 e. The van der Waals surface area contributed by atoms with Crippen molar-refractivity contribution in [2.45, 2.75) is 65.3 Å². The molecule has 0 aromatic rings. The average Bonchev–Trinajstić information content (AvgIpc) is 2.57. The van der Waals surface area contributed by atoms with Crippen molar-refractivity contribution in [3.8, 4) is 0 Å². The summed E-state index contributed by atoms with van der Waals surface area (Å²) in [4.78, 5) is 58.1. The van der Waals surface area contributed by atoms with Crippen LogP contribution in [0.15, 0.2) is 0 Å². The van der Waals surface area contributed by atoms with Crippen LogP contribution >= 0.6 is 11.8 Å². The maximum Gasteiger partial charge on any atom is 0.303 e. The fraction of sp³-hybridized carbons (Fsp3) is 0.706. The number of carbonyl (C=O) groups excluding carboxylic acids is 5. The number of thioether (sulfide) groups is 1. The lowest BCUT2D eigenvalue weighted by atomic mass is 9.97. The maximum absolute atomic E-state index is 12.1. The van der Waals surface area contributed by atoms with Gasteiger partial charge in [0.2, 0.25) is 0 Å². The van der Waals surface area contributed by atoms with Crippen LogP contribution in [-0.2, 0) is 42.9 Å². The molecule has 0 radical (unpaired) electrons. The summed E-state index contributed by atoms with van der Waals surface area (Å²) in [5.74, 6) is -2.36. The summed E-state index contributed by atoms with van der Waals surface area (Å²) >= 11 is 0.943. The Morgan fingerprint density at radius 3 is 1.83 bits per heavy atom. The molecule has 1 heterocycles. The van der Waals surface area contributed by atoms with E-state index in [1.165, 1.54) is 6.92 Å². The molecule has 11 nitrogen and oxygen atoms in total. The minimum atomic E-state index is -1.31. The molecule has 0 aromatic carbocycles. The first-order valence-corrected chi connectivity index (χ1v) is 9.77. The second-order valence-corrected chi connectivity index (χ2v) is 7.22. The number of carbonyl (C=O) groups is 5. The highest BCUT2D eigenvalue weighted by molar-refractivity contribution is 8.13. The molecule has 1 fully saturated rings. The summed E-state index contributed by atoms with van der Waals surface area (Å²) in [5, 5.41) is 2.04. The quantitative estimate of drug-likeness (QED) is 0.442. The Bertz CT molecular complexity index is 640. The molecule has 1 aliphatic rings. The first-order chi connectivity index (χ1) is 13.5. The van der Waals surface area contributed by atoms with Gasteiger partial charge in [0.15, 0.2) is 24.5 Å². The average molecular weight is 435 g/mol. The Morgan fingerprint density at radius 1 is 0.828 bits per heavy atom. The van der Waals surface area contributed by atoms with Gasteiger partial charge < -0.3 is 29.0 Å². The summed E-state index contributed by atoms with van der Waals surface area (Å²) in [6, 6.07) is 0. The van der Waals surface area contributed by atoms with Gasteiger partial charge in [0, 0.05) is 27.7 Å². The van der Waals surface area contributed by atoms with Crippen LogP contribution in [0.5, 0.6) is 0 Å². The Balaban J connectivity index is 3.29. The standard InChI is InChI=1S/C17H25NO10S/c1-6-29-17(23)18-16-15(27-11(5)22)14(26-10(4)21)13(25-9(3)20)12(28-16)7-24-8(2)19/h12-16H,6-7H2,1-5H3,(H,18,23)/t12-,13-,14+,15-,16-/m1/s1. The monoisotopic (exact) mass is 435 g/mol. The second-order valence-electron chi connectivity index (χ2n) is 5.98. The number of esters is 4. The summed E-state index contributed by atoms with van der Waals surface area (Å²) in [6.45, 7) is 5.94. The molecule has 0 aliphatic carbocycles. The molecular formula is C17H25NO10S. The van der Waals surface area contributed by atoms with Crippen molar-refractivity contribution in [3.63, 3.8) is 0 Å². The molecule has 5 atom stereocenters. The molecule has 0 spiro atoms. The molecule has 12 heteroatoms. The lowest BCUT2D eigenvalue weighted by Crippen LogP contribution is -2.66. The lowest BCUT2D eigenvalue weighted by Gasteiger charge is -2.44. The molecule has 1 N–H and O–H groups in total. The number of rotatable bonds is 7. The first-order valence-electron chi connectivity index (χ1n) is 8.78. The number of hydrogen-bond donors (Lipinski definition) is 1. The van der Waals surface area contributed by atoms with Crippen LogP contribution in [-0.4, -0.2) is 72.1 Å². The molecule has 164 valence electrons. The smallest absolute Gasteiger partial charge is 0.303 e. The second kappa shape index (κ2) is 11.6. The van der Waals surface area contributed by atoms with Crippen LogP contribution in [0, 0.1) is 0 Å². The molecule has 0 unspecified atom stereocenters. The highest BCUT2D eigenvalue weighted by atomic mass is 32.2. The number of ether oxygens (including phenoxy) is 5. The fourth-order valence-corrected chi connectivity index (χ4v) is 3.10. The third kappa shape index (κ3) is 8.28. The van der Waals surface area contributed by atoms with Crippen LogP contribution in [0.25, 0.3) is 0 Å². The van der Waals surface area contributed by atoms with E-state index in [2.05, 4.69) is 5.32 Å². The van der Waals surface area contributed by atoms with Crippen LogP contribution in [0.4, 0.5) is 4.79 Å². The zero-order valence-corrected chi connectivity index (χ0v) is 17.6. The van der Waals surface area contributed by atoms with Gasteiger partial charge in [-0.3, -0.25) is 24.0 Å². The highest BCUT2D eigenvalue weighted by Gasteiger charge is 2.52. The van der Waals surface area contributed by atoms with Gasteiger partial charge in [-0.1, -0.05) is 18.7 Å².